The van der Waals surface area contributed by atoms with Gasteiger partial charge in [-0.2, -0.15) is 17.5 Å². The van der Waals surface area contributed by atoms with Crippen molar-refractivity contribution >= 4 is 50.1 Å². The molecule has 0 unspecified atom stereocenters. The maximum absolute atomic E-state index is 13.5. The lowest BCUT2D eigenvalue weighted by Crippen LogP contribution is -2.40. The van der Waals surface area contributed by atoms with Crippen LogP contribution in [0.5, 0.6) is 0 Å². The monoisotopic (exact) mass is 667 g/mol. The summed E-state index contributed by atoms with van der Waals surface area (Å²) in [5, 5.41) is 15.6. The standard InChI is InChI=1S/C26H24F3N7O5S3/c27-26(28,29)18-2-1-3-19(14-18)36-21(33-34-25(36)43-16-22(37)32-24-30-8-13-42-24)15-31-23(38)17-4-6-20(7-5-17)44(39,40)35-9-11-41-12-10-35/h1-8,13-14H,9-12,15-16H2,(H,31,38)(H,30,32,37). The number of thiazole rings is 1. The van der Waals surface area contributed by atoms with Crippen LogP contribution in [-0.2, 0) is 32.3 Å². The van der Waals surface area contributed by atoms with Gasteiger partial charge in [-0.15, -0.1) is 21.5 Å². The molecule has 2 amide bonds. The Morgan fingerprint density at radius 2 is 1.82 bits per heavy atom. The van der Waals surface area contributed by atoms with Crippen LogP contribution in [-0.4, -0.2) is 76.3 Å². The number of benzene rings is 2. The second kappa shape index (κ2) is 13.4. The van der Waals surface area contributed by atoms with Crippen molar-refractivity contribution in [1.29, 1.82) is 0 Å². The second-order valence-corrected chi connectivity index (χ2v) is 13.0. The molecule has 1 saturated heterocycles. The number of hydrogen-bond acceptors (Lipinski definition) is 10. The van der Waals surface area contributed by atoms with E-state index in [0.29, 0.717) is 18.3 Å². The molecule has 0 spiro atoms. The van der Waals surface area contributed by atoms with Crippen LogP contribution in [0.25, 0.3) is 5.69 Å². The summed E-state index contributed by atoms with van der Waals surface area (Å²) in [6, 6.07) is 9.89. The van der Waals surface area contributed by atoms with Gasteiger partial charge in [0, 0.05) is 30.2 Å². The number of sulfonamides is 1. The maximum Gasteiger partial charge on any atom is 0.416 e. The number of carbonyl (C=O) groups is 2. The smallest absolute Gasteiger partial charge is 0.379 e. The Labute approximate surface area is 257 Å². The van der Waals surface area contributed by atoms with E-state index < -0.39 is 33.6 Å². The molecule has 4 aromatic rings. The number of nitrogens with one attached hydrogen (secondary N) is 2. The summed E-state index contributed by atoms with van der Waals surface area (Å²) in [6.45, 7) is 0.819. The number of nitrogens with zero attached hydrogens (tertiary/aromatic N) is 5. The Hall–Kier alpha value is -3.84. The molecule has 5 rings (SSSR count). The van der Waals surface area contributed by atoms with Crippen LogP contribution in [0.2, 0.25) is 0 Å². The summed E-state index contributed by atoms with van der Waals surface area (Å²) in [6.07, 6.45) is -3.08. The lowest BCUT2D eigenvalue weighted by molar-refractivity contribution is -0.137. The number of carbonyl (C=O) groups excluding carboxylic acids is 2. The summed E-state index contributed by atoms with van der Waals surface area (Å²) in [4.78, 5) is 29.3. The molecular formula is C26H24F3N7O5S3. The first kappa shape index (κ1) is 31.6. The quantitative estimate of drug-likeness (QED) is 0.243. The van der Waals surface area contributed by atoms with Crippen LogP contribution in [0.3, 0.4) is 0 Å². The number of thioether (sulfide) groups is 1. The van der Waals surface area contributed by atoms with E-state index in [1.54, 1.807) is 5.38 Å². The minimum atomic E-state index is -4.61. The van der Waals surface area contributed by atoms with Crippen LogP contribution < -0.4 is 10.6 Å². The number of aromatic nitrogens is 4. The van der Waals surface area contributed by atoms with Crippen LogP contribution >= 0.6 is 23.1 Å². The van der Waals surface area contributed by atoms with Crippen molar-refractivity contribution in [1.82, 2.24) is 29.4 Å². The van der Waals surface area contributed by atoms with Crippen LogP contribution in [0.4, 0.5) is 18.3 Å². The minimum absolute atomic E-state index is 0.0285. The van der Waals surface area contributed by atoms with Gasteiger partial charge in [-0.3, -0.25) is 14.2 Å². The van der Waals surface area contributed by atoms with Gasteiger partial charge in [-0.25, -0.2) is 13.4 Å². The highest BCUT2D eigenvalue weighted by molar-refractivity contribution is 7.99. The number of halogens is 3. The maximum atomic E-state index is 13.5. The molecule has 18 heteroatoms. The largest absolute Gasteiger partial charge is 0.416 e. The fourth-order valence-electron chi connectivity index (χ4n) is 4.14. The molecular weight excluding hydrogens is 644 g/mol. The zero-order valence-corrected chi connectivity index (χ0v) is 25.1. The molecule has 0 aliphatic carbocycles. The third kappa shape index (κ3) is 7.44. The predicted octanol–water partition coefficient (Wildman–Crippen LogP) is 3.42. The van der Waals surface area contributed by atoms with Crippen molar-refractivity contribution in [2.24, 2.45) is 0 Å². The number of alkyl halides is 3. The highest BCUT2D eigenvalue weighted by atomic mass is 32.2. The van der Waals surface area contributed by atoms with Crippen molar-refractivity contribution < 1.29 is 35.9 Å². The topological polar surface area (TPSA) is 148 Å². The van der Waals surface area contributed by atoms with E-state index in [4.69, 9.17) is 4.74 Å². The van der Waals surface area contributed by atoms with Crippen LogP contribution in [0.15, 0.2) is 70.2 Å². The summed E-state index contributed by atoms with van der Waals surface area (Å²) < 4.78 is 74.0. The van der Waals surface area contributed by atoms with Crippen molar-refractivity contribution in [2.75, 3.05) is 37.4 Å². The van der Waals surface area contributed by atoms with Gasteiger partial charge in [-0.05, 0) is 42.5 Å². The second-order valence-electron chi connectivity index (χ2n) is 9.18. The molecule has 0 atom stereocenters. The lowest BCUT2D eigenvalue weighted by atomic mass is 10.2. The van der Waals surface area contributed by atoms with Crippen molar-refractivity contribution in [3.8, 4) is 5.69 Å². The van der Waals surface area contributed by atoms with Crippen LogP contribution in [0, 0.1) is 0 Å². The van der Waals surface area contributed by atoms with Gasteiger partial charge < -0.3 is 15.4 Å². The van der Waals surface area contributed by atoms with E-state index >= 15 is 0 Å². The molecule has 2 aromatic carbocycles. The molecule has 3 heterocycles. The zero-order chi connectivity index (χ0) is 31.3. The highest BCUT2D eigenvalue weighted by Gasteiger charge is 2.31. The van der Waals surface area contributed by atoms with Crippen molar-refractivity contribution in [3.05, 3.63) is 77.1 Å². The zero-order valence-electron chi connectivity index (χ0n) is 22.7. The third-order valence-corrected chi connectivity index (χ3v) is 9.80. The fraction of sp³-hybridized carbons (Fsp3) is 0.269. The molecule has 2 N–H and O–H groups in total. The van der Waals surface area contributed by atoms with Crippen LogP contribution in [0.1, 0.15) is 21.7 Å². The van der Waals surface area contributed by atoms with Crippen molar-refractivity contribution in [2.45, 2.75) is 22.8 Å². The minimum Gasteiger partial charge on any atom is -0.379 e. The number of amides is 2. The molecule has 232 valence electrons. The van der Waals surface area contributed by atoms with Gasteiger partial charge in [0.25, 0.3) is 5.91 Å². The molecule has 2 aromatic heterocycles. The van der Waals surface area contributed by atoms with E-state index in [9.17, 15) is 31.2 Å². The van der Waals surface area contributed by atoms with E-state index in [0.717, 1.165) is 23.9 Å². The molecule has 0 saturated carbocycles. The number of hydrogen-bond donors (Lipinski definition) is 2. The number of morpholine rings is 1. The lowest BCUT2D eigenvalue weighted by Gasteiger charge is -2.26. The van der Waals surface area contributed by atoms with E-state index in [1.165, 1.54) is 62.8 Å². The van der Waals surface area contributed by atoms with Gasteiger partial charge in [0.1, 0.15) is 0 Å². The van der Waals surface area contributed by atoms with Gasteiger partial charge >= 0.3 is 6.18 Å². The molecule has 12 nitrogen and oxygen atoms in total. The fourth-order valence-corrected chi connectivity index (χ4v) is 6.86. The van der Waals surface area contributed by atoms with Gasteiger partial charge in [0.05, 0.1) is 41.7 Å². The predicted molar refractivity (Wildman–Crippen MR) is 155 cm³/mol. The molecule has 0 bridgehead atoms. The molecule has 1 aliphatic rings. The number of ether oxygens (including phenoxy) is 1. The highest BCUT2D eigenvalue weighted by Crippen LogP contribution is 2.32. The molecule has 1 fully saturated rings. The van der Waals surface area contributed by atoms with Gasteiger partial charge in [0.2, 0.25) is 15.9 Å². The average Bonchev–Trinajstić information content (AvgIpc) is 3.69. The molecule has 1 aliphatic heterocycles. The Morgan fingerprint density at radius 1 is 1.07 bits per heavy atom. The summed E-state index contributed by atoms with van der Waals surface area (Å²) in [5.41, 5.74) is -0.664. The number of rotatable bonds is 10. The van der Waals surface area contributed by atoms with Crippen molar-refractivity contribution in [3.63, 3.8) is 0 Å². The van der Waals surface area contributed by atoms with Gasteiger partial charge in [0.15, 0.2) is 16.1 Å². The van der Waals surface area contributed by atoms with E-state index in [2.05, 4.69) is 25.8 Å². The molecule has 0 radical (unpaired) electrons. The Morgan fingerprint density at radius 3 is 2.50 bits per heavy atom. The van der Waals surface area contributed by atoms with E-state index in [-0.39, 0.29) is 52.5 Å². The number of anilines is 1. The third-order valence-electron chi connectivity index (χ3n) is 6.27. The SMILES string of the molecule is O=C(CSc1nnc(CNC(=O)c2ccc(S(=O)(=O)N3CCOCC3)cc2)n1-c1cccc(C(F)(F)F)c1)Nc1nccs1. The van der Waals surface area contributed by atoms with Gasteiger partial charge in [-0.1, -0.05) is 17.8 Å². The summed E-state index contributed by atoms with van der Waals surface area (Å²) in [5.74, 6) is -1.01. The first-order valence-electron chi connectivity index (χ1n) is 12.9. The van der Waals surface area contributed by atoms with E-state index in [1.807, 2.05) is 0 Å². The Balaban J connectivity index is 1.33. The Kier molecular flexibility index (Phi) is 9.64. The normalized spacial score (nSPS) is 14.3. The summed E-state index contributed by atoms with van der Waals surface area (Å²) in [7, 11) is -3.75. The Bertz CT molecular complexity index is 1720. The first-order chi connectivity index (χ1) is 21.0. The average molecular weight is 668 g/mol. The molecule has 44 heavy (non-hydrogen) atoms. The first-order valence-corrected chi connectivity index (χ1v) is 16.2. The summed E-state index contributed by atoms with van der Waals surface area (Å²) >= 11 is 2.17.